The van der Waals surface area contributed by atoms with E-state index in [-0.39, 0.29) is 5.56 Å². The Hall–Kier alpha value is -2.88. The number of benzene rings is 2. The minimum absolute atomic E-state index is 0.243. The Bertz CT molecular complexity index is 760. The van der Waals surface area contributed by atoms with Gasteiger partial charge in [-0.15, -0.1) is 0 Å². The van der Waals surface area contributed by atoms with Gasteiger partial charge < -0.3 is 10.8 Å². The molecule has 0 aliphatic rings. The molecule has 2 rings (SSSR count). The van der Waals surface area contributed by atoms with Crippen molar-refractivity contribution in [2.75, 3.05) is 0 Å². The van der Waals surface area contributed by atoms with Crippen molar-refractivity contribution in [2.45, 2.75) is 26.7 Å². The molecule has 0 spiro atoms. The van der Waals surface area contributed by atoms with Gasteiger partial charge in [0.15, 0.2) is 0 Å². The molecule has 0 unspecified atom stereocenters. The SMILES string of the molecule is CC(C)CC/C(N)=C/C(=Nc1ccc(C(=O)O)cc1)c1ccccc1. The van der Waals surface area contributed by atoms with Crippen LogP contribution in [0.15, 0.2) is 71.4 Å². The first kappa shape index (κ1) is 18.5. The zero-order valence-corrected chi connectivity index (χ0v) is 14.6. The summed E-state index contributed by atoms with van der Waals surface area (Å²) in [5.41, 5.74) is 9.64. The van der Waals surface area contributed by atoms with Gasteiger partial charge in [0.1, 0.15) is 0 Å². The van der Waals surface area contributed by atoms with Crippen molar-refractivity contribution in [3.05, 3.63) is 77.5 Å². The van der Waals surface area contributed by atoms with Crippen molar-refractivity contribution in [3.8, 4) is 0 Å². The maximum Gasteiger partial charge on any atom is 0.335 e. The van der Waals surface area contributed by atoms with Crippen LogP contribution in [0.1, 0.15) is 42.6 Å². The number of nitrogens with two attached hydrogens (primary N) is 1. The third-order valence-corrected chi connectivity index (χ3v) is 3.77. The highest BCUT2D eigenvalue weighted by molar-refractivity contribution is 6.10. The third kappa shape index (κ3) is 5.92. The number of allylic oxidation sites excluding steroid dienone is 2. The number of aromatic carboxylic acids is 1. The van der Waals surface area contributed by atoms with E-state index < -0.39 is 5.97 Å². The topological polar surface area (TPSA) is 75.7 Å². The molecule has 0 heterocycles. The average molecular weight is 336 g/mol. The Morgan fingerprint density at radius 1 is 1.08 bits per heavy atom. The normalized spacial score (nSPS) is 12.4. The molecule has 0 saturated heterocycles. The molecule has 0 radical (unpaired) electrons. The Kier molecular flexibility index (Phi) is 6.52. The predicted octanol–water partition coefficient (Wildman–Crippen LogP) is 4.78. The number of aliphatic imine (C=N–C) groups is 1. The lowest BCUT2D eigenvalue weighted by Gasteiger charge is -2.07. The van der Waals surface area contributed by atoms with Gasteiger partial charge in [0.2, 0.25) is 0 Å². The Morgan fingerprint density at radius 3 is 2.28 bits per heavy atom. The summed E-state index contributed by atoms with van der Waals surface area (Å²) in [5, 5.41) is 9.00. The van der Waals surface area contributed by atoms with Gasteiger partial charge in [-0.2, -0.15) is 0 Å². The van der Waals surface area contributed by atoms with E-state index in [1.165, 1.54) is 0 Å². The minimum atomic E-state index is -0.948. The Balaban J connectivity index is 2.34. The molecule has 130 valence electrons. The summed E-state index contributed by atoms with van der Waals surface area (Å²) >= 11 is 0. The number of hydrogen-bond acceptors (Lipinski definition) is 3. The zero-order valence-electron chi connectivity index (χ0n) is 14.6. The largest absolute Gasteiger partial charge is 0.478 e. The first-order valence-corrected chi connectivity index (χ1v) is 8.39. The van der Waals surface area contributed by atoms with Crippen molar-refractivity contribution < 1.29 is 9.90 Å². The molecule has 0 fully saturated rings. The van der Waals surface area contributed by atoms with E-state index >= 15 is 0 Å². The number of carboxylic acids is 1. The van der Waals surface area contributed by atoms with E-state index in [4.69, 9.17) is 10.8 Å². The van der Waals surface area contributed by atoms with Gasteiger partial charge in [0, 0.05) is 11.3 Å². The maximum absolute atomic E-state index is 11.0. The van der Waals surface area contributed by atoms with Crippen LogP contribution in [0.4, 0.5) is 5.69 Å². The first-order chi connectivity index (χ1) is 12.0. The van der Waals surface area contributed by atoms with E-state index in [0.29, 0.717) is 11.6 Å². The lowest BCUT2D eigenvalue weighted by atomic mass is 10.0. The summed E-state index contributed by atoms with van der Waals surface area (Å²) in [6.07, 6.45) is 3.75. The highest BCUT2D eigenvalue weighted by atomic mass is 16.4. The fourth-order valence-corrected chi connectivity index (χ4v) is 2.31. The van der Waals surface area contributed by atoms with Gasteiger partial charge in [0.25, 0.3) is 0 Å². The molecule has 4 nitrogen and oxygen atoms in total. The van der Waals surface area contributed by atoms with Crippen LogP contribution in [0.2, 0.25) is 0 Å². The van der Waals surface area contributed by atoms with E-state index in [9.17, 15) is 4.79 Å². The summed E-state index contributed by atoms with van der Waals surface area (Å²) in [6.45, 7) is 4.34. The minimum Gasteiger partial charge on any atom is -0.478 e. The molecule has 0 atom stereocenters. The van der Waals surface area contributed by atoms with Crippen LogP contribution in [0.25, 0.3) is 0 Å². The second-order valence-electron chi connectivity index (χ2n) is 6.37. The number of carboxylic acid groups (broad SMARTS) is 1. The Labute approximate surface area is 148 Å². The van der Waals surface area contributed by atoms with E-state index in [2.05, 4.69) is 18.8 Å². The highest BCUT2D eigenvalue weighted by Crippen LogP contribution is 2.17. The van der Waals surface area contributed by atoms with Gasteiger partial charge in [-0.1, -0.05) is 44.2 Å². The molecular weight excluding hydrogens is 312 g/mol. The Morgan fingerprint density at radius 2 is 1.72 bits per heavy atom. The van der Waals surface area contributed by atoms with Crippen molar-refractivity contribution in [1.82, 2.24) is 0 Å². The van der Waals surface area contributed by atoms with Gasteiger partial charge in [-0.05, 0) is 49.1 Å². The van der Waals surface area contributed by atoms with Crippen molar-refractivity contribution in [1.29, 1.82) is 0 Å². The van der Waals surface area contributed by atoms with Crippen LogP contribution in [0.3, 0.4) is 0 Å². The molecule has 0 amide bonds. The average Bonchev–Trinajstić information content (AvgIpc) is 2.60. The number of nitrogens with zero attached hydrogens (tertiary/aromatic N) is 1. The van der Waals surface area contributed by atoms with Crippen LogP contribution < -0.4 is 5.73 Å². The second-order valence-corrected chi connectivity index (χ2v) is 6.37. The van der Waals surface area contributed by atoms with E-state index in [1.54, 1.807) is 24.3 Å². The van der Waals surface area contributed by atoms with Crippen LogP contribution in [0, 0.1) is 5.92 Å². The molecule has 2 aromatic carbocycles. The fourth-order valence-electron chi connectivity index (χ4n) is 2.31. The predicted molar refractivity (Wildman–Crippen MR) is 102 cm³/mol. The number of hydrogen-bond donors (Lipinski definition) is 2. The molecule has 0 aromatic heterocycles. The maximum atomic E-state index is 11.0. The molecule has 4 heteroatoms. The number of rotatable bonds is 7. The molecule has 3 N–H and O–H groups in total. The van der Waals surface area contributed by atoms with Crippen LogP contribution in [-0.2, 0) is 0 Å². The zero-order chi connectivity index (χ0) is 18.2. The molecule has 2 aromatic rings. The monoisotopic (exact) mass is 336 g/mol. The fraction of sp³-hybridized carbons (Fsp3) is 0.238. The number of carbonyl (C=O) groups is 1. The molecule has 0 aliphatic carbocycles. The quantitative estimate of drug-likeness (QED) is 0.714. The summed E-state index contributed by atoms with van der Waals surface area (Å²) in [5.74, 6) is -0.357. The van der Waals surface area contributed by atoms with Crippen molar-refractivity contribution in [3.63, 3.8) is 0 Å². The van der Waals surface area contributed by atoms with Crippen LogP contribution in [0.5, 0.6) is 0 Å². The first-order valence-electron chi connectivity index (χ1n) is 8.39. The van der Waals surface area contributed by atoms with Gasteiger partial charge in [-0.25, -0.2) is 9.79 Å². The smallest absolute Gasteiger partial charge is 0.335 e. The van der Waals surface area contributed by atoms with E-state index in [1.807, 2.05) is 36.4 Å². The van der Waals surface area contributed by atoms with Crippen molar-refractivity contribution >= 4 is 17.4 Å². The van der Waals surface area contributed by atoms with Crippen LogP contribution >= 0.6 is 0 Å². The van der Waals surface area contributed by atoms with Gasteiger partial charge in [0.05, 0.1) is 17.0 Å². The van der Waals surface area contributed by atoms with Crippen molar-refractivity contribution in [2.24, 2.45) is 16.6 Å². The van der Waals surface area contributed by atoms with Crippen LogP contribution in [-0.4, -0.2) is 16.8 Å². The summed E-state index contributed by atoms with van der Waals surface area (Å²) in [4.78, 5) is 15.6. The molecule has 25 heavy (non-hydrogen) atoms. The standard InChI is InChI=1S/C21H24N2O2/c1-15(2)8-11-18(22)14-20(16-6-4-3-5-7-16)23-19-12-9-17(10-13-19)21(24)25/h3-7,9-10,12-15H,8,11,22H2,1-2H3,(H,24,25)/b18-14-,23-20?. The summed E-state index contributed by atoms with van der Waals surface area (Å²) < 4.78 is 0. The molecule has 0 saturated carbocycles. The summed E-state index contributed by atoms with van der Waals surface area (Å²) in [7, 11) is 0. The molecular formula is C21H24N2O2. The summed E-state index contributed by atoms with van der Waals surface area (Å²) in [6, 6.07) is 16.3. The third-order valence-electron chi connectivity index (χ3n) is 3.77. The lowest BCUT2D eigenvalue weighted by Crippen LogP contribution is -2.05. The van der Waals surface area contributed by atoms with Gasteiger partial charge >= 0.3 is 5.97 Å². The highest BCUT2D eigenvalue weighted by Gasteiger charge is 2.05. The van der Waals surface area contributed by atoms with E-state index in [0.717, 1.165) is 29.8 Å². The second kappa shape index (κ2) is 8.83. The lowest BCUT2D eigenvalue weighted by molar-refractivity contribution is 0.0697. The molecule has 0 bridgehead atoms. The molecule has 0 aliphatic heterocycles. The van der Waals surface area contributed by atoms with Gasteiger partial charge in [-0.3, -0.25) is 0 Å².